The van der Waals surface area contributed by atoms with E-state index in [9.17, 15) is 4.79 Å². The zero-order chi connectivity index (χ0) is 13.8. The summed E-state index contributed by atoms with van der Waals surface area (Å²) in [6.45, 7) is 0. The largest absolute Gasteiger partial charge is 0.481 e. The second-order valence-corrected chi connectivity index (χ2v) is 4.38. The van der Waals surface area contributed by atoms with E-state index < -0.39 is 5.97 Å². The normalized spacial score (nSPS) is 10.2. The van der Waals surface area contributed by atoms with Crippen LogP contribution in [0.5, 0.6) is 11.5 Å². The van der Waals surface area contributed by atoms with Gasteiger partial charge in [-0.3, -0.25) is 4.79 Å². The number of nitrogens with zero attached hydrogens (tertiary/aromatic N) is 2. The van der Waals surface area contributed by atoms with Crippen LogP contribution in [0, 0.1) is 0 Å². The molecule has 0 saturated carbocycles. The number of carbonyl (C=O) groups is 1. The number of benzene rings is 1. The third-order valence-electron chi connectivity index (χ3n) is 2.19. The number of carboxylic acid groups (broad SMARTS) is 1. The number of carboxylic acids is 1. The van der Waals surface area contributed by atoms with Crippen molar-refractivity contribution in [2.45, 2.75) is 6.42 Å². The molecule has 0 atom stereocenters. The van der Waals surface area contributed by atoms with E-state index in [1.165, 1.54) is 6.07 Å². The number of hydrogen-bond donors (Lipinski definition) is 1. The van der Waals surface area contributed by atoms with Crippen LogP contribution in [0.3, 0.4) is 0 Å². The van der Waals surface area contributed by atoms with E-state index in [0.29, 0.717) is 11.3 Å². The van der Waals surface area contributed by atoms with Gasteiger partial charge in [0.15, 0.2) is 16.1 Å². The van der Waals surface area contributed by atoms with Gasteiger partial charge >= 0.3 is 5.97 Å². The first-order chi connectivity index (χ1) is 9.04. The lowest BCUT2D eigenvalue weighted by Gasteiger charge is -2.07. The standard InChI is InChI=1S/C12H8Cl2N2O3/c13-10-6-9(12(14)16-15-10)19-8-3-1-7(2-4-8)5-11(17)18/h1-4,6H,5H2,(H,17,18). The predicted molar refractivity (Wildman–Crippen MR) is 69.9 cm³/mol. The average Bonchev–Trinajstić information content (AvgIpc) is 2.35. The molecule has 0 fully saturated rings. The molecule has 0 aliphatic rings. The molecule has 2 rings (SSSR count). The number of hydrogen-bond acceptors (Lipinski definition) is 4. The molecule has 19 heavy (non-hydrogen) atoms. The molecule has 98 valence electrons. The summed E-state index contributed by atoms with van der Waals surface area (Å²) < 4.78 is 5.48. The molecule has 0 aliphatic heterocycles. The van der Waals surface area contributed by atoms with Gasteiger partial charge in [0, 0.05) is 6.07 Å². The SMILES string of the molecule is O=C(O)Cc1ccc(Oc2cc(Cl)nnc2Cl)cc1. The zero-order valence-electron chi connectivity index (χ0n) is 9.51. The van der Waals surface area contributed by atoms with Crippen LogP contribution in [0.2, 0.25) is 10.3 Å². The predicted octanol–water partition coefficient (Wildman–Crippen LogP) is 3.20. The minimum absolute atomic E-state index is 0.0380. The Bertz CT molecular complexity index is 602. The summed E-state index contributed by atoms with van der Waals surface area (Å²) in [5.74, 6) is -0.102. The fourth-order valence-corrected chi connectivity index (χ4v) is 1.65. The first-order valence-electron chi connectivity index (χ1n) is 5.22. The van der Waals surface area contributed by atoms with Crippen molar-refractivity contribution in [3.63, 3.8) is 0 Å². The fraction of sp³-hybridized carbons (Fsp3) is 0.0833. The lowest BCUT2D eigenvalue weighted by molar-refractivity contribution is -0.136. The molecule has 7 heteroatoms. The van der Waals surface area contributed by atoms with Crippen LogP contribution in [-0.2, 0) is 11.2 Å². The Balaban J connectivity index is 2.15. The highest BCUT2D eigenvalue weighted by Gasteiger charge is 2.07. The topological polar surface area (TPSA) is 72.3 Å². The van der Waals surface area contributed by atoms with Gasteiger partial charge in [0.2, 0.25) is 0 Å². The van der Waals surface area contributed by atoms with Gasteiger partial charge in [0.25, 0.3) is 0 Å². The monoisotopic (exact) mass is 298 g/mol. The van der Waals surface area contributed by atoms with E-state index in [-0.39, 0.29) is 22.5 Å². The van der Waals surface area contributed by atoms with Crippen molar-refractivity contribution >= 4 is 29.2 Å². The lowest BCUT2D eigenvalue weighted by atomic mass is 10.1. The summed E-state index contributed by atoms with van der Waals surface area (Å²) in [5.41, 5.74) is 0.678. The quantitative estimate of drug-likeness (QED) is 0.938. The van der Waals surface area contributed by atoms with Gasteiger partial charge in [-0.05, 0) is 17.7 Å². The molecule has 0 amide bonds. The van der Waals surface area contributed by atoms with Gasteiger partial charge in [-0.2, -0.15) is 0 Å². The van der Waals surface area contributed by atoms with Crippen molar-refractivity contribution in [2.24, 2.45) is 0 Å². The summed E-state index contributed by atoms with van der Waals surface area (Å²) >= 11 is 11.5. The number of aromatic nitrogens is 2. The molecule has 2 aromatic rings. The van der Waals surface area contributed by atoms with Gasteiger partial charge < -0.3 is 9.84 Å². The molecule has 0 radical (unpaired) electrons. The summed E-state index contributed by atoms with van der Waals surface area (Å²) in [4.78, 5) is 10.5. The number of ether oxygens (including phenoxy) is 1. The number of aliphatic carboxylic acids is 1. The van der Waals surface area contributed by atoms with Gasteiger partial charge in [0.1, 0.15) is 5.75 Å². The smallest absolute Gasteiger partial charge is 0.307 e. The molecular weight excluding hydrogens is 291 g/mol. The molecule has 0 spiro atoms. The van der Waals surface area contributed by atoms with Crippen LogP contribution >= 0.6 is 23.2 Å². The van der Waals surface area contributed by atoms with E-state index >= 15 is 0 Å². The molecule has 1 heterocycles. The van der Waals surface area contributed by atoms with Crippen molar-refractivity contribution in [3.05, 3.63) is 46.2 Å². The summed E-state index contributed by atoms with van der Waals surface area (Å²) in [6.07, 6.45) is -0.0380. The Morgan fingerprint density at radius 1 is 1.21 bits per heavy atom. The third kappa shape index (κ3) is 3.81. The summed E-state index contributed by atoms with van der Waals surface area (Å²) in [6, 6.07) is 8.05. The second-order valence-electron chi connectivity index (χ2n) is 3.64. The second kappa shape index (κ2) is 5.86. The van der Waals surface area contributed by atoms with E-state index in [1.54, 1.807) is 24.3 Å². The lowest BCUT2D eigenvalue weighted by Crippen LogP contribution is -1.99. The maximum atomic E-state index is 10.5. The molecule has 1 aromatic heterocycles. The Hall–Kier alpha value is -1.85. The van der Waals surface area contributed by atoms with Crippen LogP contribution in [0.25, 0.3) is 0 Å². The summed E-state index contributed by atoms with van der Waals surface area (Å²) in [5, 5.41) is 16.1. The third-order valence-corrected chi connectivity index (χ3v) is 2.64. The van der Waals surface area contributed by atoms with Crippen molar-refractivity contribution in [2.75, 3.05) is 0 Å². The van der Waals surface area contributed by atoms with E-state index in [0.717, 1.165) is 0 Å². The molecule has 1 N–H and O–H groups in total. The average molecular weight is 299 g/mol. The Labute approximate surface area is 118 Å². The number of halogens is 2. The highest BCUT2D eigenvalue weighted by molar-refractivity contribution is 6.32. The maximum Gasteiger partial charge on any atom is 0.307 e. The van der Waals surface area contributed by atoms with Crippen molar-refractivity contribution in [1.82, 2.24) is 10.2 Å². The van der Waals surface area contributed by atoms with Crippen LogP contribution in [-0.4, -0.2) is 21.3 Å². The Morgan fingerprint density at radius 3 is 2.53 bits per heavy atom. The maximum absolute atomic E-state index is 10.5. The van der Waals surface area contributed by atoms with Gasteiger partial charge in [-0.25, -0.2) is 0 Å². The highest BCUT2D eigenvalue weighted by Crippen LogP contribution is 2.28. The molecule has 0 unspecified atom stereocenters. The van der Waals surface area contributed by atoms with E-state index in [1.807, 2.05) is 0 Å². The zero-order valence-corrected chi connectivity index (χ0v) is 11.0. The molecule has 1 aromatic carbocycles. The van der Waals surface area contributed by atoms with Crippen LogP contribution in [0.15, 0.2) is 30.3 Å². The first-order valence-corrected chi connectivity index (χ1v) is 5.97. The number of rotatable bonds is 4. The molecule has 0 aliphatic carbocycles. The molecule has 5 nitrogen and oxygen atoms in total. The van der Waals surface area contributed by atoms with E-state index in [2.05, 4.69) is 10.2 Å². The minimum Gasteiger partial charge on any atom is -0.481 e. The van der Waals surface area contributed by atoms with Gasteiger partial charge in [0.05, 0.1) is 6.42 Å². The summed E-state index contributed by atoms with van der Waals surface area (Å²) in [7, 11) is 0. The highest BCUT2D eigenvalue weighted by atomic mass is 35.5. The van der Waals surface area contributed by atoms with Crippen molar-refractivity contribution in [1.29, 1.82) is 0 Å². The van der Waals surface area contributed by atoms with Gasteiger partial charge in [-0.15, -0.1) is 10.2 Å². The van der Waals surface area contributed by atoms with Crippen LogP contribution in [0.1, 0.15) is 5.56 Å². The van der Waals surface area contributed by atoms with Crippen LogP contribution < -0.4 is 4.74 Å². The Morgan fingerprint density at radius 2 is 1.89 bits per heavy atom. The van der Waals surface area contributed by atoms with Crippen molar-refractivity contribution < 1.29 is 14.6 Å². The first kappa shape index (κ1) is 13.6. The van der Waals surface area contributed by atoms with Crippen LogP contribution in [0.4, 0.5) is 0 Å². The van der Waals surface area contributed by atoms with Crippen molar-refractivity contribution in [3.8, 4) is 11.5 Å². The molecule has 0 saturated heterocycles. The van der Waals surface area contributed by atoms with Gasteiger partial charge in [-0.1, -0.05) is 35.3 Å². The minimum atomic E-state index is -0.887. The fourth-order valence-electron chi connectivity index (χ4n) is 1.39. The van der Waals surface area contributed by atoms with E-state index in [4.69, 9.17) is 33.0 Å². The Kier molecular flexibility index (Phi) is 4.19. The molecular formula is C12H8Cl2N2O3. The molecule has 0 bridgehead atoms.